The fourth-order valence-electron chi connectivity index (χ4n) is 4.98. The first-order valence-electron chi connectivity index (χ1n) is 10.4. The summed E-state index contributed by atoms with van der Waals surface area (Å²) in [5.74, 6) is 0.222. The first-order valence-corrected chi connectivity index (χ1v) is 10.4. The number of esters is 1. The van der Waals surface area contributed by atoms with E-state index in [9.17, 15) is 9.59 Å². The van der Waals surface area contributed by atoms with Crippen LogP contribution in [-0.4, -0.2) is 63.5 Å². The Hall–Kier alpha value is -2.93. The summed E-state index contributed by atoms with van der Waals surface area (Å²) in [6, 6.07) is 10.0. The molecule has 7 nitrogen and oxygen atoms in total. The van der Waals surface area contributed by atoms with Crippen LogP contribution in [0.1, 0.15) is 25.0 Å². The number of hydrogen-bond donors (Lipinski definition) is 0. The van der Waals surface area contributed by atoms with E-state index in [1.807, 2.05) is 35.4 Å². The largest absolute Gasteiger partial charge is 0.469 e. The molecule has 1 amide bonds. The molecule has 158 valence electrons. The third kappa shape index (κ3) is 3.54. The molecule has 1 spiro atoms. The number of ether oxygens (including phenoxy) is 1. The summed E-state index contributed by atoms with van der Waals surface area (Å²) >= 11 is 0. The molecule has 0 N–H and O–H groups in total. The van der Waals surface area contributed by atoms with Gasteiger partial charge in [0.1, 0.15) is 5.82 Å². The average Bonchev–Trinajstić information content (AvgIpc) is 3.34. The number of likely N-dealkylation sites (tertiary alicyclic amines) is 2. The van der Waals surface area contributed by atoms with E-state index in [0.717, 1.165) is 38.3 Å². The van der Waals surface area contributed by atoms with E-state index in [0.29, 0.717) is 6.54 Å². The van der Waals surface area contributed by atoms with E-state index in [2.05, 4.69) is 27.1 Å². The molecule has 2 aliphatic heterocycles. The third-order valence-corrected chi connectivity index (χ3v) is 6.50. The minimum Gasteiger partial charge on any atom is -0.469 e. The lowest BCUT2D eigenvalue weighted by Gasteiger charge is -2.46. The van der Waals surface area contributed by atoms with Crippen LogP contribution < -0.4 is 0 Å². The predicted octanol–water partition coefficient (Wildman–Crippen LogP) is 2.41. The summed E-state index contributed by atoms with van der Waals surface area (Å²) < 4.78 is 7.15. The molecule has 2 fully saturated rings. The van der Waals surface area contributed by atoms with Gasteiger partial charge in [-0.05, 0) is 37.1 Å². The molecule has 0 radical (unpaired) electrons. The Balaban J connectivity index is 1.50. The number of piperidine rings is 1. The van der Waals surface area contributed by atoms with Crippen LogP contribution in [0.5, 0.6) is 0 Å². The second kappa shape index (κ2) is 8.44. The highest BCUT2D eigenvalue weighted by Crippen LogP contribution is 2.44. The Bertz CT molecular complexity index is 916. The molecule has 0 aliphatic carbocycles. The fraction of sp³-hybridized carbons (Fsp3) is 0.435. The quantitative estimate of drug-likeness (QED) is 0.542. The van der Waals surface area contributed by atoms with E-state index in [-0.39, 0.29) is 18.3 Å². The Morgan fingerprint density at radius 2 is 2.10 bits per heavy atom. The molecule has 2 aliphatic rings. The van der Waals surface area contributed by atoms with Crippen LogP contribution >= 0.6 is 0 Å². The smallest absolute Gasteiger partial charge is 0.311 e. The Kier molecular flexibility index (Phi) is 5.72. The Morgan fingerprint density at radius 3 is 2.77 bits per heavy atom. The molecular weight excluding hydrogens is 380 g/mol. The molecule has 1 unspecified atom stereocenters. The van der Waals surface area contributed by atoms with Crippen LogP contribution in [-0.2, 0) is 20.9 Å². The molecule has 4 rings (SSSR count). The minimum atomic E-state index is -0.474. The Morgan fingerprint density at radius 1 is 1.30 bits per heavy atom. The zero-order valence-corrected chi connectivity index (χ0v) is 17.4. The highest BCUT2D eigenvalue weighted by atomic mass is 16.5. The second-order valence-corrected chi connectivity index (χ2v) is 8.01. The van der Waals surface area contributed by atoms with Crippen LogP contribution in [0, 0.1) is 5.92 Å². The maximum atomic E-state index is 12.7. The van der Waals surface area contributed by atoms with Crippen molar-refractivity contribution in [2.45, 2.75) is 31.3 Å². The molecule has 0 aromatic carbocycles. The summed E-state index contributed by atoms with van der Waals surface area (Å²) in [7, 11) is 1.40. The van der Waals surface area contributed by atoms with Gasteiger partial charge in [-0.25, -0.2) is 4.98 Å². The molecular formula is C23H28N4O3. The number of rotatable bonds is 6. The summed E-state index contributed by atoms with van der Waals surface area (Å²) in [5, 5.41) is 0. The molecule has 0 saturated carbocycles. The van der Waals surface area contributed by atoms with Crippen LogP contribution in [0.3, 0.4) is 0 Å². The third-order valence-electron chi connectivity index (χ3n) is 6.50. The van der Waals surface area contributed by atoms with Crippen LogP contribution in [0.15, 0.2) is 55.4 Å². The van der Waals surface area contributed by atoms with Crippen molar-refractivity contribution in [3.8, 4) is 5.82 Å². The molecule has 2 saturated heterocycles. The minimum absolute atomic E-state index is 0.0165. The zero-order chi connectivity index (χ0) is 21.1. The van der Waals surface area contributed by atoms with Gasteiger partial charge in [-0.15, -0.1) is 6.58 Å². The molecule has 4 heterocycles. The molecule has 30 heavy (non-hydrogen) atoms. The number of amides is 1. The van der Waals surface area contributed by atoms with Gasteiger partial charge in [-0.1, -0.05) is 12.1 Å². The van der Waals surface area contributed by atoms with Crippen LogP contribution in [0.2, 0.25) is 0 Å². The number of pyridine rings is 1. The standard InChI is InChI=1S/C23H28N4O3/c1-3-12-27-21(28)16-19(22(29)30-2)23(27)9-14-25(15-10-23)17-18-7-6-13-26(18)20-8-4-5-11-24-20/h3-8,11,13,19H,1,9-10,12,14-17H2,2H3. The van der Waals surface area contributed by atoms with E-state index in [4.69, 9.17) is 4.74 Å². The van der Waals surface area contributed by atoms with Crippen LogP contribution in [0.25, 0.3) is 5.82 Å². The van der Waals surface area contributed by atoms with Crippen molar-refractivity contribution in [2.24, 2.45) is 5.92 Å². The van der Waals surface area contributed by atoms with Gasteiger partial charge in [-0.3, -0.25) is 14.5 Å². The maximum Gasteiger partial charge on any atom is 0.311 e. The van der Waals surface area contributed by atoms with Crippen molar-refractivity contribution in [2.75, 3.05) is 26.7 Å². The summed E-state index contributed by atoms with van der Waals surface area (Å²) in [4.78, 5) is 33.8. The molecule has 0 bridgehead atoms. The van der Waals surface area contributed by atoms with Gasteiger partial charge in [0.2, 0.25) is 5.91 Å². The fourth-order valence-corrected chi connectivity index (χ4v) is 4.98. The average molecular weight is 409 g/mol. The number of carbonyl (C=O) groups is 2. The predicted molar refractivity (Wildman–Crippen MR) is 113 cm³/mol. The lowest BCUT2D eigenvalue weighted by molar-refractivity contribution is -0.150. The van der Waals surface area contributed by atoms with Crippen molar-refractivity contribution in [3.63, 3.8) is 0 Å². The van der Waals surface area contributed by atoms with E-state index >= 15 is 0 Å². The van der Waals surface area contributed by atoms with Gasteiger partial charge in [-0.2, -0.15) is 0 Å². The monoisotopic (exact) mass is 408 g/mol. The molecule has 2 aromatic rings. The highest BCUT2D eigenvalue weighted by molar-refractivity contribution is 5.89. The lowest BCUT2D eigenvalue weighted by atomic mass is 9.76. The van der Waals surface area contributed by atoms with Crippen LogP contribution in [0.4, 0.5) is 0 Å². The number of hydrogen-bond acceptors (Lipinski definition) is 5. The van der Waals surface area contributed by atoms with Crippen molar-refractivity contribution in [1.29, 1.82) is 0 Å². The topological polar surface area (TPSA) is 67.7 Å². The number of methoxy groups -OCH3 is 1. The normalized spacial score (nSPS) is 21.2. The first kappa shape index (κ1) is 20.3. The van der Waals surface area contributed by atoms with Gasteiger partial charge in [0.05, 0.1) is 18.6 Å². The van der Waals surface area contributed by atoms with Crippen molar-refractivity contribution in [3.05, 3.63) is 61.1 Å². The van der Waals surface area contributed by atoms with Gasteiger partial charge < -0.3 is 14.2 Å². The van der Waals surface area contributed by atoms with Crippen molar-refractivity contribution >= 4 is 11.9 Å². The second-order valence-electron chi connectivity index (χ2n) is 8.01. The zero-order valence-electron chi connectivity index (χ0n) is 17.4. The molecule has 1 atom stereocenters. The molecule has 2 aromatic heterocycles. The maximum absolute atomic E-state index is 12.7. The number of aromatic nitrogens is 2. The van der Waals surface area contributed by atoms with E-state index in [1.165, 1.54) is 12.8 Å². The summed E-state index contributed by atoms with van der Waals surface area (Å²) in [6.45, 7) is 6.67. The van der Waals surface area contributed by atoms with Crippen molar-refractivity contribution in [1.82, 2.24) is 19.4 Å². The Labute approximate surface area is 176 Å². The van der Waals surface area contributed by atoms with Gasteiger partial charge in [0, 0.05) is 50.7 Å². The summed E-state index contributed by atoms with van der Waals surface area (Å²) in [5.41, 5.74) is 0.692. The lowest BCUT2D eigenvalue weighted by Crippen LogP contribution is -2.57. The van der Waals surface area contributed by atoms with E-state index < -0.39 is 11.5 Å². The van der Waals surface area contributed by atoms with Crippen molar-refractivity contribution < 1.29 is 14.3 Å². The highest BCUT2D eigenvalue weighted by Gasteiger charge is 2.56. The van der Waals surface area contributed by atoms with Gasteiger partial charge in [0.25, 0.3) is 0 Å². The van der Waals surface area contributed by atoms with Gasteiger partial charge in [0.15, 0.2) is 0 Å². The van der Waals surface area contributed by atoms with Gasteiger partial charge >= 0.3 is 5.97 Å². The summed E-state index contributed by atoms with van der Waals surface area (Å²) in [6.07, 6.45) is 7.28. The number of nitrogens with zero attached hydrogens (tertiary/aromatic N) is 4. The first-order chi connectivity index (χ1) is 14.6. The number of carbonyl (C=O) groups excluding carboxylic acids is 2. The van der Waals surface area contributed by atoms with E-state index in [1.54, 1.807) is 12.3 Å². The SMILES string of the molecule is C=CCN1C(=O)CC(C(=O)OC)C12CCN(Cc1cccn1-c1ccccn1)CC2. The molecule has 7 heteroatoms.